The highest BCUT2D eigenvalue weighted by molar-refractivity contribution is 5.05. The van der Waals surface area contributed by atoms with Gasteiger partial charge < -0.3 is 10.2 Å². The predicted molar refractivity (Wildman–Crippen MR) is 41.7 cm³/mol. The van der Waals surface area contributed by atoms with Crippen LogP contribution in [0.1, 0.15) is 20.3 Å². The van der Waals surface area contributed by atoms with Gasteiger partial charge in [0.1, 0.15) is 0 Å². The Bertz CT molecular complexity index is 108. The van der Waals surface area contributed by atoms with E-state index in [2.05, 4.69) is 6.92 Å². The Morgan fingerprint density at radius 3 is 2.40 bits per heavy atom. The van der Waals surface area contributed by atoms with Gasteiger partial charge in [0.05, 0.1) is 13.2 Å². The van der Waals surface area contributed by atoms with Crippen molar-refractivity contribution < 1.29 is 10.2 Å². The molecule has 10 heavy (non-hydrogen) atoms. The topological polar surface area (TPSA) is 40.5 Å². The molecule has 0 aromatic carbocycles. The van der Waals surface area contributed by atoms with Gasteiger partial charge in [-0.05, 0) is 17.9 Å². The molecule has 1 unspecified atom stereocenters. The number of aliphatic hydroxyl groups excluding tert-OH is 2. The van der Waals surface area contributed by atoms with Gasteiger partial charge in [0.2, 0.25) is 0 Å². The molecule has 0 spiro atoms. The van der Waals surface area contributed by atoms with E-state index in [1.54, 1.807) is 6.08 Å². The van der Waals surface area contributed by atoms with E-state index in [4.69, 9.17) is 10.2 Å². The molecule has 1 atom stereocenters. The number of aliphatic hydroxyl groups is 2. The van der Waals surface area contributed by atoms with Crippen LogP contribution in [0.2, 0.25) is 0 Å². The van der Waals surface area contributed by atoms with Crippen LogP contribution in [0.15, 0.2) is 11.6 Å². The minimum absolute atomic E-state index is 0.0280. The van der Waals surface area contributed by atoms with Crippen molar-refractivity contribution in [1.29, 1.82) is 0 Å². The Hall–Kier alpha value is -0.340. The van der Waals surface area contributed by atoms with Crippen LogP contribution in [-0.4, -0.2) is 23.4 Å². The third-order valence-corrected chi connectivity index (χ3v) is 1.78. The molecule has 2 N–H and O–H groups in total. The summed E-state index contributed by atoms with van der Waals surface area (Å²) in [7, 11) is 0. The first-order valence-corrected chi connectivity index (χ1v) is 3.66. The first-order chi connectivity index (χ1) is 4.76. The number of hydrogen-bond acceptors (Lipinski definition) is 2. The summed E-state index contributed by atoms with van der Waals surface area (Å²) in [5.74, 6) is 0.386. The fourth-order valence-corrected chi connectivity index (χ4v) is 0.801. The summed E-state index contributed by atoms with van der Waals surface area (Å²) in [6, 6.07) is 0. The second kappa shape index (κ2) is 5.45. The van der Waals surface area contributed by atoms with Gasteiger partial charge in [-0.25, -0.2) is 0 Å². The predicted octanol–water partition coefficient (Wildman–Crippen LogP) is 0.944. The van der Waals surface area contributed by atoms with Crippen molar-refractivity contribution in [2.75, 3.05) is 13.2 Å². The van der Waals surface area contributed by atoms with Gasteiger partial charge in [-0.2, -0.15) is 0 Å². The summed E-state index contributed by atoms with van der Waals surface area (Å²) in [4.78, 5) is 0. The van der Waals surface area contributed by atoms with Crippen LogP contribution >= 0.6 is 0 Å². The Balaban J connectivity index is 3.92. The van der Waals surface area contributed by atoms with E-state index in [0.29, 0.717) is 5.92 Å². The van der Waals surface area contributed by atoms with Crippen LogP contribution in [0.3, 0.4) is 0 Å². The maximum Gasteiger partial charge on any atom is 0.0645 e. The molecule has 0 heterocycles. The van der Waals surface area contributed by atoms with Crippen LogP contribution < -0.4 is 0 Å². The van der Waals surface area contributed by atoms with Gasteiger partial charge in [-0.3, -0.25) is 0 Å². The third kappa shape index (κ3) is 2.99. The molecular weight excluding hydrogens is 128 g/mol. The molecule has 0 rings (SSSR count). The van der Waals surface area contributed by atoms with E-state index in [9.17, 15) is 0 Å². The van der Waals surface area contributed by atoms with Crippen molar-refractivity contribution in [2.45, 2.75) is 20.3 Å². The zero-order chi connectivity index (χ0) is 7.98. The Kier molecular flexibility index (Phi) is 5.26. The van der Waals surface area contributed by atoms with Gasteiger partial charge in [0, 0.05) is 0 Å². The lowest BCUT2D eigenvalue weighted by atomic mass is 9.99. The van der Waals surface area contributed by atoms with Gasteiger partial charge in [-0.1, -0.05) is 19.9 Å². The number of rotatable bonds is 4. The van der Waals surface area contributed by atoms with Gasteiger partial charge in [0.15, 0.2) is 0 Å². The van der Waals surface area contributed by atoms with Crippen LogP contribution in [0.25, 0.3) is 0 Å². The average Bonchev–Trinajstić information content (AvgIpc) is 1.99. The van der Waals surface area contributed by atoms with Crippen LogP contribution in [-0.2, 0) is 0 Å². The van der Waals surface area contributed by atoms with Crippen LogP contribution in [0, 0.1) is 5.92 Å². The van der Waals surface area contributed by atoms with E-state index < -0.39 is 0 Å². The lowest BCUT2D eigenvalue weighted by molar-refractivity contribution is 0.305. The standard InChI is InChI=1S/C8H16O2/c1-3-7(2)8(6-10)4-5-9/h4,7,9-10H,3,5-6H2,1-2H3. The number of hydrogen-bond donors (Lipinski definition) is 2. The van der Waals surface area contributed by atoms with Gasteiger partial charge in [0.25, 0.3) is 0 Å². The summed E-state index contributed by atoms with van der Waals surface area (Å²) in [5, 5.41) is 17.3. The summed E-state index contributed by atoms with van der Waals surface area (Å²) in [6.07, 6.45) is 2.68. The summed E-state index contributed by atoms with van der Waals surface area (Å²) >= 11 is 0. The quantitative estimate of drug-likeness (QED) is 0.576. The van der Waals surface area contributed by atoms with Crippen LogP contribution in [0.4, 0.5) is 0 Å². The van der Waals surface area contributed by atoms with Gasteiger partial charge >= 0.3 is 0 Å². The third-order valence-electron chi connectivity index (χ3n) is 1.78. The van der Waals surface area contributed by atoms with Crippen molar-refractivity contribution >= 4 is 0 Å². The highest BCUT2D eigenvalue weighted by atomic mass is 16.3. The summed E-state index contributed by atoms with van der Waals surface area (Å²) in [6.45, 7) is 4.19. The fourth-order valence-electron chi connectivity index (χ4n) is 0.801. The lowest BCUT2D eigenvalue weighted by Gasteiger charge is -2.10. The van der Waals surface area contributed by atoms with Crippen molar-refractivity contribution in [3.63, 3.8) is 0 Å². The summed E-state index contributed by atoms with van der Waals surface area (Å²) in [5.41, 5.74) is 0.935. The fraction of sp³-hybridized carbons (Fsp3) is 0.750. The zero-order valence-corrected chi connectivity index (χ0v) is 6.67. The Morgan fingerprint density at radius 2 is 2.10 bits per heavy atom. The minimum atomic E-state index is 0.0280. The van der Waals surface area contributed by atoms with Crippen molar-refractivity contribution in [1.82, 2.24) is 0 Å². The van der Waals surface area contributed by atoms with Crippen molar-refractivity contribution in [3.8, 4) is 0 Å². The molecular formula is C8H16O2. The SMILES string of the molecule is CCC(C)C(=CCO)CO. The first kappa shape index (κ1) is 9.66. The van der Waals surface area contributed by atoms with E-state index in [1.165, 1.54) is 0 Å². The molecule has 0 saturated carbocycles. The molecule has 0 aliphatic heterocycles. The largest absolute Gasteiger partial charge is 0.392 e. The summed E-state index contributed by atoms with van der Waals surface area (Å²) < 4.78 is 0. The van der Waals surface area contributed by atoms with Crippen LogP contribution in [0.5, 0.6) is 0 Å². The molecule has 0 aromatic rings. The smallest absolute Gasteiger partial charge is 0.0645 e. The minimum Gasteiger partial charge on any atom is -0.392 e. The van der Waals surface area contributed by atoms with Crippen molar-refractivity contribution in [2.24, 2.45) is 5.92 Å². The normalized spacial score (nSPS) is 15.4. The van der Waals surface area contributed by atoms with E-state index in [-0.39, 0.29) is 13.2 Å². The monoisotopic (exact) mass is 144 g/mol. The lowest BCUT2D eigenvalue weighted by Crippen LogP contribution is -2.03. The molecule has 0 amide bonds. The highest BCUT2D eigenvalue weighted by Gasteiger charge is 2.03. The van der Waals surface area contributed by atoms with Gasteiger partial charge in [-0.15, -0.1) is 0 Å². The molecule has 0 fully saturated rings. The molecule has 2 nitrogen and oxygen atoms in total. The molecule has 0 aliphatic rings. The molecule has 0 radical (unpaired) electrons. The molecule has 0 bridgehead atoms. The van der Waals surface area contributed by atoms with E-state index in [1.807, 2.05) is 6.92 Å². The second-order valence-corrected chi connectivity index (χ2v) is 2.43. The maximum atomic E-state index is 8.78. The average molecular weight is 144 g/mol. The highest BCUT2D eigenvalue weighted by Crippen LogP contribution is 2.12. The molecule has 0 saturated heterocycles. The molecule has 0 aromatic heterocycles. The molecule has 60 valence electrons. The molecule has 2 heteroatoms. The first-order valence-electron chi connectivity index (χ1n) is 3.66. The maximum absolute atomic E-state index is 8.78. The second-order valence-electron chi connectivity index (χ2n) is 2.43. The van der Waals surface area contributed by atoms with E-state index in [0.717, 1.165) is 12.0 Å². The van der Waals surface area contributed by atoms with Crippen molar-refractivity contribution in [3.05, 3.63) is 11.6 Å². The Morgan fingerprint density at radius 1 is 1.50 bits per heavy atom. The Labute approximate surface area is 62.2 Å². The van der Waals surface area contributed by atoms with E-state index >= 15 is 0 Å². The molecule has 0 aliphatic carbocycles. The zero-order valence-electron chi connectivity index (χ0n) is 6.67.